The molecule has 0 aliphatic carbocycles. The number of rotatable bonds is 9. The van der Waals surface area contributed by atoms with Gasteiger partial charge in [0.1, 0.15) is 11.7 Å². The molecule has 2 aromatic carbocycles. The maximum absolute atomic E-state index is 13.0. The highest BCUT2D eigenvalue weighted by molar-refractivity contribution is 6.06. The molecule has 1 heterocycles. The molecule has 3 aromatic rings. The number of benzene rings is 2. The molecule has 0 aliphatic heterocycles. The summed E-state index contributed by atoms with van der Waals surface area (Å²) >= 11 is 0. The van der Waals surface area contributed by atoms with Crippen molar-refractivity contribution in [2.75, 3.05) is 6.54 Å². The molecule has 3 amide bonds. The molecule has 0 saturated carbocycles. The maximum Gasteiger partial charge on any atom is 0.271 e. The Labute approximate surface area is 194 Å². The van der Waals surface area contributed by atoms with Gasteiger partial charge in [0.05, 0.1) is 0 Å². The lowest BCUT2D eigenvalue weighted by atomic mass is 10.1. The summed E-state index contributed by atoms with van der Waals surface area (Å²) in [6, 6.07) is 15.4. The SMILES string of the molecule is Cc1ccc(C(=O)NC[C@H](NC(=O)c2nccc3ccccc23)C(=O)N[CH]CC(C)C)cc1. The van der Waals surface area contributed by atoms with Crippen molar-refractivity contribution in [3.63, 3.8) is 0 Å². The Kier molecular flexibility index (Phi) is 8.13. The first-order valence-electron chi connectivity index (χ1n) is 11.0. The van der Waals surface area contributed by atoms with Crippen molar-refractivity contribution in [2.24, 2.45) is 5.92 Å². The van der Waals surface area contributed by atoms with Gasteiger partial charge in [-0.15, -0.1) is 0 Å². The van der Waals surface area contributed by atoms with Crippen molar-refractivity contribution in [1.82, 2.24) is 20.9 Å². The van der Waals surface area contributed by atoms with E-state index in [9.17, 15) is 14.4 Å². The van der Waals surface area contributed by atoms with Gasteiger partial charge in [-0.25, -0.2) is 0 Å². The lowest BCUT2D eigenvalue weighted by Gasteiger charge is -2.19. The summed E-state index contributed by atoms with van der Waals surface area (Å²) in [6.45, 7) is 7.62. The highest BCUT2D eigenvalue weighted by atomic mass is 16.2. The summed E-state index contributed by atoms with van der Waals surface area (Å²) in [5, 5.41) is 9.76. The van der Waals surface area contributed by atoms with Gasteiger partial charge in [-0.1, -0.05) is 55.8 Å². The normalized spacial score (nSPS) is 11.8. The van der Waals surface area contributed by atoms with Gasteiger partial charge >= 0.3 is 0 Å². The van der Waals surface area contributed by atoms with Crippen molar-refractivity contribution >= 4 is 28.5 Å². The number of amides is 3. The van der Waals surface area contributed by atoms with Crippen LogP contribution in [0.5, 0.6) is 0 Å². The standard InChI is InChI=1S/C26H29N4O3/c1-17(2)12-14-28-25(32)22(16-29-24(31)20-10-8-18(3)9-11-20)30-26(33)23-21-7-5-4-6-19(21)13-15-27-23/h4-11,13-15,17,22H,12,16H2,1-3H3,(H,28,32)(H,29,31)(H,30,33)/t22-/m0/s1. The molecule has 0 saturated heterocycles. The van der Waals surface area contributed by atoms with E-state index >= 15 is 0 Å². The summed E-state index contributed by atoms with van der Waals surface area (Å²) in [6.07, 6.45) is 2.24. The summed E-state index contributed by atoms with van der Waals surface area (Å²) < 4.78 is 0. The molecule has 0 unspecified atom stereocenters. The van der Waals surface area contributed by atoms with Gasteiger partial charge in [0.2, 0.25) is 5.91 Å². The zero-order valence-electron chi connectivity index (χ0n) is 19.1. The summed E-state index contributed by atoms with van der Waals surface area (Å²) in [5.74, 6) is -0.843. The molecular formula is C26H29N4O3. The van der Waals surface area contributed by atoms with Crippen molar-refractivity contribution in [2.45, 2.75) is 33.2 Å². The van der Waals surface area contributed by atoms with E-state index in [4.69, 9.17) is 0 Å². The second kappa shape index (κ2) is 11.2. The second-order valence-electron chi connectivity index (χ2n) is 8.33. The average molecular weight is 446 g/mol. The molecule has 1 atom stereocenters. The predicted molar refractivity (Wildman–Crippen MR) is 128 cm³/mol. The zero-order chi connectivity index (χ0) is 23.8. The number of hydrogen-bond donors (Lipinski definition) is 3. The van der Waals surface area contributed by atoms with Gasteiger partial charge in [-0.05, 0) is 42.8 Å². The fourth-order valence-electron chi connectivity index (χ4n) is 3.23. The minimum Gasteiger partial charge on any atom is -0.349 e. The molecular weight excluding hydrogens is 416 g/mol. The number of hydrogen-bond acceptors (Lipinski definition) is 4. The molecule has 7 nitrogen and oxygen atoms in total. The van der Waals surface area contributed by atoms with E-state index in [2.05, 4.69) is 20.9 Å². The smallest absolute Gasteiger partial charge is 0.271 e. The van der Waals surface area contributed by atoms with Crippen LogP contribution >= 0.6 is 0 Å². The predicted octanol–water partition coefficient (Wildman–Crippen LogP) is 3.40. The van der Waals surface area contributed by atoms with E-state index in [1.165, 1.54) is 0 Å². The Balaban J connectivity index is 1.74. The molecule has 0 fully saturated rings. The van der Waals surface area contributed by atoms with Crippen LogP contribution in [0.2, 0.25) is 0 Å². The number of carbonyl (C=O) groups excluding carboxylic acids is 3. The Morgan fingerprint density at radius 3 is 2.42 bits per heavy atom. The summed E-state index contributed by atoms with van der Waals surface area (Å²) in [4.78, 5) is 42.6. The van der Waals surface area contributed by atoms with Crippen LogP contribution in [-0.2, 0) is 4.79 Å². The van der Waals surface area contributed by atoms with Crippen molar-refractivity contribution in [1.29, 1.82) is 0 Å². The van der Waals surface area contributed by atoms with Gasteiger partial charge in [0, 0.05) is 30.2 Å². The van der Waals surface area contributed by atoms with Crippen molar-refractivity contribution in [3.8, 4) is 0 Å². The number of nitrogens with one attached hydrogen (secondary N) is 3. The van der Waals surface area contributed by atoms with Gasteiger partial charge in [0.15, 0.2) is 0 Å². The number of aryl methyl sites for hydroxylation is 1. The van der Waals surface area contributed by atoms with E-state index < -0.39 is 17.9 Å². The fraction of sp³-hybridized carbons (Fsp3) is 0.269. The van der Waals surface area contributed by atoms with Gasteiger partial charge < -0.3 is 16.0 Å². The quantitative estimate of drug-likeness (QED) is 0.470. The van der Waals surface area contributed by atoms with Gasteiger partial charge in [-0.3, -0.25) is 19.4 Å². The van der Waals surface area contributed by atoms with E-state index in [0.29, 0.717) is 23.3 Å². The molecule has 0 spiro atoms. The van der Waals surface area contributed by atoms with E-state index in [1.54, 1.807) is 24.9 Å². The number of fused-ring (bicyclic) bond motifs is 1. The monoisotopic (exact) mass is 445 g/mol. The van der Waals surface area contributed by atoms with Crippen molar-refractivity contribution < 1.29 is 14.4 Å². The molecule has 0 aliphatic rings. The zero-order valence-corrected chi connectivity index (χ0v) is 19.1. The third-order valence-electron chi connectivity index (χ3n) is 5.12. The summed E-state index contributed by atoms with van der Waals surface area (Å²) in [5.41, 5.74) is 1.74. The first kappa shape index (κ1) is 23.9. The van der Waals surface area contributed by atoms with Gasteiger partial charge in [0.25, 0.3) is 11.8 Å². The first-order valence-corrected chi connectivity index (χ1v) is 11.0. The molecule has 171 valence electrons. The Hall–Kier alpha value is -3.74. The Morgan fingerprint density at radius 1 is 0.970 bits per heavy atom. The Bertz CT molecular complexity index is 1120. The van der Waals surface area contributed by atoms with Crippen LogP contribution in [0.3, 0.4) is 0 Å². The highest BCUT2D eigenvalue weighted by Gasteiger charge is 2.24. The molecule has 1 aromatic heterocycles. The third-order valence-corrected chi connectivity index (χ3v) is 5.12. The highest BCUT2D eigenvalue weighted by Crippen LogP contribution is 2.16. The fourth-order valence-corrected chi connectivity index (χ4v) is 3.23. The molecule has 1 radical (unpaired) electrons. The largest absolute Gasteiger partial charge is 0.349 e. The van der Waals surface area contributed by atoms with Crippen molar-refractivity contribution in [3.05, 3.63) is 84.2 Å². The molecule has 33 heavy (non-hydrogen) atoms. The second-order valence-corrected chi connectivity index (χ2v) is 8.33. The first-order chi connectivity index (χ1) is 15.8. The average Bonchev–Trinajstić information content (AvgIpc) is 2.81. The van der Waals surface area contributed by atoms with E-state index in [-0.39, 0.29) is 18.1 Å². The minimum absolute atomic E-state index is 0.0649. The lowest BCUT2D eigenvalue weighted by molar-refractivity contribution is -0.122. The third kappa shape index (κ3) is 6.62. The van der Waals surface area contributed by atoms with Crippen LogP contribution in [0.4, 0.5) is 0 Å². The molecule has 7 heteroatoms. The van der Waals surface area contributed by atoms with Gasteiger partial charge in [-0.2, -0.15) is 0 Å². The van der Waals surface area contributed by atoms with E-state index in [1.807, 2.05) is 63.2 Å². The maximum atomic E-state index is 13.0. The van der Waals surface area contributed by atoms with Crippen LogP contribution in [0.1, 0.15) is 46.7 Å². The topological polar surface area (TPSA) is 100 Å². The number of aromatic nitrogens is 1. The molecule has 3 N–H and O–H groups in total. The minimum atomic E-state index is -0.976. The number of pyridine rings is 1. The summed E-state index contributed by atoms with van der Waals surface area (Å²) in [7, 11) is 0. The van der Waals surface area contributed by atoms with E-state index in [0.717, 1.165) is 10.9 Å². The van der Waals surface area contributed by atoms with Crippen LogP contribution in [0.15, 0.2) is 60.8 Å². The van der Waals surface area contributed by atoms with Crippen LogP contribution in [-0.4, -0.2) is 35.3 Å². The molecule has 3 rings (SSSR count). The lowest BCUT2D eigenvalue weighted by Crippen LogP contribution is -2.52. The number of carbonyl (C=O) groups is 3. The molecule has 0 bridgehead atoms. The number of nitrogens with zero attached hydrogens (tertiary/aromatic N) is 1. The Morgan fingerprint density at radius 2 is 1.70 bits per heavy atom. The van der Waals surface area contributed by atoms with Crippen LogP contribution in [0, 0.1) is 19.4 Å². The van der Waals surface area contributed by atoms with Crippen LogP contribution < -0.4 is 16.0 Å². The van der Waals surface area contributed by atoms with Crippen LogP contribution in [0.25, 0.3) is 10.8 Å².